The van der Waals surface area contributed by atoms with Gasteiger partial charge in [0.15, 0.2) is 0 Å². The molecular weight excluding hydrogens is 340 g/mol. The van der Waals surface area contributed by atoms with Gasteiger partial charge in [-0.05, 0) is 24.6 Å². The van der Waals surface area contributed by atoms with Crippen LogP contribution in [0.1, 0.15) is 18.9 Å². The summed E-state index contributed by atoms with van der Waals surface area (Å²) in [5.41, 5.74) is -0.451. The molecule has 112 valence electrons. The third-order valence-corrected chi connectivity index (χ3v) is 3.94. The number of hydrogen-bond acceptors (Lipinski definition) is 4. The normalized spacial score (nSPS) is 21.4. The molecule has 0 aliphatic carbocycles. The Labute approximate surface area is 130 Å². The second-order valence-electron chi connectivity index (χ2n) is 4.85. The Bertz CT molecular complexity index is 604. The molecule has 0 bridgehead atoms. The highest BCUT2D eigenvalue weighted by atomic mass is 79.9. The van der Waals surface area contributed by atoms with Crippen LogP contribution < -0.4 is 5.32 Å². The molecule has 1 aromatic carbocycles. The van der Waals surface area contributed by atoms with Crippen LogP contribution in [0.3, 0.4) is 0 Å². The quantitative estimate of drug-likeness (QED) is 0.660. The van der Waals surface area contributed by atoms with Crippen LogP contribution in [0.25, 0.3) is 0 Å². The molecule has 2 rings (SSSR count). The summed E-state index contributed by atoms with van der Waals surface area (Å²) in [6, 6.07) is 6.67. The lowest BCUT2D eigenvalue weighted by Gasteiger charge is -2.22. The summed E-state index contributed by atoms with van der Waals surface area (Å²) < 4.78 is 5.33. The van der Waals surface area contributed by atoms with E-state index in [2.05, 4.69) is 26.0 Å². The molecule has 1 aliphatic heterocycles. The van der Waals surface area contributed by atoms with Gasteiger partial charge >= 0.3 is 12.0 Å². The fourth-order valence-electron chi connectivity index (χ4n) is 2.20. The van der Waals surface area contributed by atoms with Gasteiger partial charge in [-0.2, -0.15) is 0 Å². The number of benzene rings is 1. The number of urea groups is 1. The first-order chi connectivity index (χ1) is 9.88. The summed E-state index contributed by atoms with van der Waals surface area (Å²) in [7, 11) is 1.26. The highest BCUT2D eigenvalue weighted by Crippen LogP contribution is 2.30. The monoisotopic (exact) mass is 354 g/mol. The van der Waals surface area contributed by atoms with Crippen LogP contribution in [0.5, 0.6) is 0 Å². The maximum absolute atomic E-state index is 12.5. The van der Waals surface area contributed by atoms with E-state index in [1.165, 1.54) is 7.11 Å². The smallest absolute Gasteiger partial charge is 0.325 e. The number of carbonyl (C=O) groups excluding carboxylic acids is 3. The van der Waals surface area contributed by atoms with Crippen LogP contribution >= 0.6 is 15.9 Å². The number of esters is 1. The highest BCUT2D eigenvalue weighted by Gasteiger charge is 2.48. The zero-order valence-electron chi connectivity index (χ0n) is 11.7. The fourth-order valence-corrected chi connectivity index (χ4v) is 2.60. The lowest BCUT2D eigenvalue weighted by atomic mass is 9.92. The molecule has 0 spiro atoms. The van der Waals surface area contributed by atoms with E-state index in [4.69, 9.17) is 0 Å². The predicted molar refractivity (Wildman–Crippen MR) is 78.4 cm³/mol. The standard InChI is InChI=1S/C14H15BrN2O4/c1-14(9-4-3-5-10(15)8-9)12(19)17(13(20)16-14)7-6-11(18)21-2/h3-5,8H,6-7H2,1-2H3,(H,16,20)/t14-/m1/s1. The van der Waals surface area contributed by atoms with E-state index in [-0.39, 0.29) is 18.9 Å². The maximum atomic E-state index is 12.5. The molecule has 21 heavy (non-hydrogen) atoms. The van der Waals surface area contributed by atoms with Crippen molar-refractivity contribution >= 4 is 33.8 Å². The Morgan fingerprint density at radius 2 is 2.14 bits per heavy atom. The molecular formula is C14H15BrN2O4. The number of nitrogens with one attached hydrogen (secondary N) is 1. The summed E-state index contributed by atoms with van der Waals surface area (Å²) in [4.78, 5) is 36.7. The van der Waals surface area contributed by atoms with Gasteiger partial charge in [0, 0.05) is 11.0 Å². The van der Waals surface area contributed by atoms with Crippen molar-refractivity contribution in [2.24, 2.45) is 0 Å². The first kappa shape index (κ1) is 15.5. The predicted octanol–water partition coefficient (Wildman–Crippen LogP) is 1.78. The van der Waals surface area contributed by atoms with Crippen molar-refractivity contribution in [2.45, 2.75) is 18.9 Å². The Hall–Kier alpha value is -1.89. The summed E-state index contributed by atoms with van der Waals surface area (Å²) in [6.45, 7) is 1.65. The van der Waals surface area contributed by atoms with Gasteiger partial charge in [-0.25, -0.2) is 4.79 Å². The summed E-state index contributed by atoms with van der Waals surface area (Å²) in [6.07, 6.45) is -0.0236. The van der Waals surface area contributed by atoms with Crippen LogP contribution in [0.2, 0.25) is 0 Å². The second kappa shape index (κ2) is 5.85. The van der Waals surface area contributed by atoms with E-state index in [9.17, 15) is 14.4 Å². The van der Waals surface area contributed by atoms with Crippen LogP contribution in [-0.2, 0) is 19.9 Å². The average Bonchev–Trinajstić information content (AvgIpc) is 2.68. The first-order valence-electron chi connectivity index (χ1n) is 6.35. The third kappa shape index (κ3) is 2.92. The molecule has 0 saturated carbocycles. The molecule has 7 heteroatoms. The lowest BCUT2D eigenvalue weighted by Crippen LogP contribution is -2.41. The van der Waals surface area contributed by atoms with Gasteiger partial charge in [-0.3, -0.25) is 14.5 Å². The molecule has 0 unspecified atom stereocenters. The van der Waals surface area contributed by atoms with Crippen molar-refractivity contribution in [3.05, 3.63) is 34.3 Å². The molecule has 1 heterocycles. The van der Waals surface area contributed by atoms with Crippen LogP contribution in [0.4, 0.5) is 4.79 Å². The summed E-state index contributed by atoms with van der Waals surface area (Å²) >= 11 is 3.34. The molecule has 3 amide bonds. The molecule has 1 aromatic rings. The van der Waals surface area contributed by atoms with E-state index >= 15 is 0 Å². The van der Waals surface area contributed by atoms with Crippen molar-refractivity contribution in [3.8, 4) is 0 Å². The van der Waals surface area contributed by atoms with Gasteiger partial charge in [0.05, 0.1) is 13.5 Å². The van der Waals surface area contributed by atoms with Gasteiger partial charge in [0.1, 0.15) is 5.54 Å². The number of halogens is 1. The topological polar surface area (TPSA) is 75.7 Å². The van der Waals surface area contributed by atoms with Gasteiger partial charge < -0.3 is 10.1 Å². The third-order valence-electron chi connectivity index (χ3n) is 3.44. The van der Waals surface area contributed by atoms with Crippen LogP contribution in [-0.4, -0.2) is 36.5 Å². The molecule has 1 aliphatic rings. The number of methoxy groups -OCH3 is 1. The molecule has 1 atom stereocenters. The average molecular weight is 355 g/mol. The van der Waals surface area contributed by atoms with E-state index in [0.717, 1.165) is 9.37 Å². The van der Waals surface area contributed by atoms with E-state index in [1.807, 2.05) is 6.07 Å². The van der Waals surface area contributed by atoms with Crippen LogP contribution in [0, 0.1) is 0 Å². The van der Waals surface area contributed by atoms with Gasteiger partial charge in [-0.15, -0.1) is 0 Å². The van der Waals surface area contributed by atoms with E-state index < -0.39 is 17.5 Å². The molecule has 0 aromatic heterocycles. The number of carbonyl (C=O) groups is 3. The van der Waals surface area contributed by atoms with Gasteiger partial charge in [-0.1, -0.05) is 28.1 Å². The van der Waals surface area contributed by atoms with Gasteiger partial charge in [0.2, 0.25) is 0 Å². The number of hydrogen-bond donors (Lipinski definition) is 1. The minimum atomic E-state index is -1.13. The number of ether oxygens (including phenoxy) is 1. The van der Waals surface area contributed by atoms with Crippen molar-refractivity contribution in [1.29, 1.82) is 0 Å². The number of amides is 3. The Morgan fingerprint density at radius 1 is 1.43 bits per heavy atom. The fraction of sp³-hybridized carbons (Fsp3) is 0.357. The number of rotatable bonds is 4. The number of nitrogens with zero attached hydrogens (tertiary/aromatic N) is 1. The van der Waals surface area contributed by atoms with E-state index in [1.54, 1.807) is 25.1 Å². The van der Waals surface area contributed by atoms with Crippen LogP contribution in [0.15, 0.2) is 28.7 Å². The summed E-state index contributed by atoms with van der Waals surface area (Å²) in [5.74, 6) is -0.846. The Kier molecular flexibility index (Phi) is 4.32. The van der Waals surface area contributed by atoms with Gasteiger partial charge in [0.25, 0.3) is 5.91 Å². The van der Waals surface area contributed by atoms with E-state index in [0.29, 0.717) is 5.56 Å². The zero-order valence-corrected chi connectivity index (χ0v) is 13.3. The molecule has 1 saturated heterocycles. The summed E-state index contributed by atoms with van der Waals surface area (Å²) in [5, 5.41) is 2.68. The minimum absolute atomic E-state index is 0.000926. The van der Waals surface area contributed by atoms with Crippen molar-refractivity contribution < 1.29 is 19.1 Å². The number of imide groups is 1. The Morgan fingerprint density at radius 3 is 2.76 bits per heavy atom. The molecule has 6 nitrogen and oxygen atoms in total. The molecule has 0 radical (unpaired) electrons. The Balaban J connectivity index is 2.22. The zero-order chi connectivity index (χ0) is 15.6. The van der Waals surface area contributed by atoms with Crippen molar-refractivity contribution in [2.75, 3.05) is 13.7 Å². The minimum Gasteiger partial charge on any atom is -0.469 e. The largest absolute Gasteiger partial charge is 0.469 e. The highest BCUT2D eigenvalue weighted by molar-refractivity contribution is 9.10. The molecule has 1 fully saturated rings. The van der Waals surface area contributed by atoms with Crippen molar-refractivity contribution in [3.63, 3.8) is 0 Å². The van der Waals surface area contributed by atoms with Crippen molar-refractivity contribution in [1.82, 2.24) is 10.2 Å². The maximum Gasteiger partial charge on any atom is 0.325 e. The lowest BCUT2D eigenvalue weighted by molar-refractivity contribution is -0.141. The molecule has 1 N–H and O–H groups in total. The second-order valence-corrected chi connectivity index (χ2v) is 5.76. The first-order valence-corrected chi connectivity index (χ1v) is 7.15. The SMILES string of the molecule is COC(=O)CCN1C(=O)N[C@](C)(c2cccc(Br)c2)C1=O.